The minimum atomic E-state index is -3.64. The number of anilines is 4. The van der Waals surface area contributed by atoms with Crippen molar-refractivity contribution in [3.05, 3.63) is 84.8 Å². The molecule has 1 aliphatic heterocycles. The van der Waals surface area contributed by atoms with Gasteiger partial charge in [0.2, 0.25) is 16.0 Å². The number of likely N-dealkylation sites (tertiary alicyclic amines) is 1. The SMILES string of the molecule is CN(C1CCN(Cc2cncn2C)CC1)S(=O)(=O)c1ccc(Nc2nccc(Nc3ccc(F)cc3)n2)cc1. The number of rotatable bonds is 9. The summed E-state index contributed by atoms with van der Waals surface area (Å²) in [4.78, 5) is 15.4. The number of nitrogens with zero attached hydrogens (tertiary/aromatic N) is 6. The number of hydrogen-bond acceptors (Lipinski definition) is 8. The third-order valence-electron chi connectivity index (χ3n) is 6.93. The molecule has 0 unspecified atom stereocenters. The second kappa shape index (κ2) is 11.5. The minimum absolute atomic E-state index is 0.0552. The summed E-state index contributed by atoms with van der Waals surface area (Å²) in [6.07, 6.45) is 6.80. The number of benzene rings is 2. The molecule has 2 N–H and O–H groups in total. The summed E-state index contributed by atoms with van der Waals surface area (Å²) in [7, 11) is 0.00120. The molecule has 2 aromatic heterocycles. The van der Waals surface area contributed by atoms with E-state index in [0.29, 0.717) is 23.1 Å². The fourth-order valence-electron chi connectivity index (χ4n) is 4.58. The summed E-state index contributed by atoms with van der Waals surface area (Å²) < 4.78 is 43.4. The van der Waals surface area contributed by atoms with Crippen molar-refractivity contribution in [1.82, 2.24) is 28.7 Å². The number of aromatic nitrogens is 4. The van der Waals surface area contributed by atoms with Crippen LogP contribution in [0.3, 0.4) is 0 Å². The Morgan fingerprint density at radius 2 is 1.67 bits per heavy atom. The second-order valence-corrected chi connectivity index (χ2v) is 11.6. The monoisotopic (exact) mass is 550 g/mol. The summed E-state index contributed by atoms with van der Waals surface area (Å²) in [6.45, 7) is 2.46. The van der Waals surface area contributed by atoms with Crippen LogP contribution in [0.5, 0.6) is 0 Å². The van der Waals surface area contributed by atoms with E-state index in [0.717, 1.165) is 38.2 Å². The van der Waals surface area contributed by atoms with Crippen molar-refractivity contribution in [2.24, 2.45) is 7.05 Å². The van der Waals surface area contributed by atoms with E-state index in [1.807, 2.05) is 17.8 Å². The van der Waals surface area contributed by atoms with Crippen molar-refractivity contribution in [1.29, 1.82) is 0 Å². The lowest BCUT2D eigenvalue weighted by Crippen LogP contribution is -2.45. The Balaban J connectivity index is 1.18. The molecule has 12 heteroatoms. The third kappa shape index (κ3) is 6.41. The van der Waals surface area contributed by atoms with Crippen molar-refractivity contribution in [3.8, 4) is 0 Å². The predicted molar refractivity (Wildman–Crippen MR) is 148 cm³/mol. The van der Waals surface area contributed by atoms with Crippen molar-refractivity contribution in [2.45, 2.75) is 30.3 Å². The van der Waals surface area contributed by atoms with Crippen LogP contribution < -0.4 is 10.6 Å². The van der Waals surface area contributed by atoms with Crippen LogP contribution in [0.15, 0.2) is 78.2 Å². The Labute approximate surface area is 227 Å². The van der Waals surface area contributed by atoms with E-state index in [2.05, 4.69) is 30.5 Å². The van der Waals surface area contributed by atoms with Crippen molar-refractivity contribution < 1.29 is 12.8 Å². The van der Waals surface area contributed by atoms with Gasteiger partial charge in [0.25, 0.3) is 0 Å². The fourth-order valence-corrected chi connectivity index (χ4v) is 5.99. The largest absolute Gasteiger partial charge is 0.340 e. The highest BCUT2D eigenvalue weighted by Gasteiger charge is 2.31. The Morgan fingerprint density at radius 3 is 2.33 bits per heavy atom. The van der Waals surface area contributed by atoms with Crippen molar-refractivity contribution in [3.63, 3.8) is 0 Å². The number of piperidine rings is 1. The first-order valence-corrected chi connectivity index (χ1v) is 14.1. The Hall–Kier alpha value is -3.87. The lowest BCUT2D eigenvalue weighted by atomic mass is 10.1. The van der Waals surface area contributed by atoms with E-state index < -0.39 is 10.0 Å². The lowest BCUT2D eigenvalue weighted by molar-refractivity contribution is 0.161. The third-order valence-corrected chi connectivity index (χ3v) is 8.86. The molecular weight excluding hydrogens is 519 g/mol. The summed E-state index contributed by atoms with van der Waals surface area (Å²) in [5.74, 6) is 0.559. The molecule has 0 radical (unpaired) electrons. The number of sulfonamides is 1. The zero-order chi connectivity index (χ0) is 27.4. The van der Waals surface area contributed by atoms with E-state index in [9.17, 15) is 12.8 Å². The molecule has 0 aliphatic carbocycles. The van der Waals surface area contributed by atoms with Gasteiger partial charge in [0.15, 0.2) is 0 Å². The molecule has 0 amide bonds. The normalized spacial score (nSPS) is 15.0. The van der Waals surface area contributed by atoms with Crippen LogP contribution in [0.4, 0.5) is 27.5 Å². The van der Waals surface area contributed by atoms with Gasteiger partial charge >= 0.3 is 0 Å². The maximum absolute atomic E-state index is 13.3. The molecule has 5 rings (SSSR count). The molecule has 10 nitrogen and oxygen atoms in total. The molecule has 1 saturated heterocycles. The lowest BCUT2D eigenvalue weighted by Gasteiger charge is -2.36. The maximum atomic E-state index is 13.3. The highest BCUT2D eigenvalue weighted by atomic mass is 32.2. The van der Waals surface area contributed by atoms with Gasteiger partial charge in [0.05, 0.1) is 16.9 Å². The van der Waals surface area contributed by atoms with E-state index in [1.54, 1.807) is 62.0 Å². The number of hydrogen-bond donors (Lipinski definition) is 2. The van der Waals surface area contributed by atoms with Crippen LogP contribution in [0.2, 0.25) is 0 Å². The van der Waals surface area contributed by atoms with Gasteiger partial charge in [-0.3, -0.25) is 4.90 Å². The van der Waals surface area contributed by atoms with Gasteiger partial charge in [-0.1, -0.05) is 0 Å². The second-order valence-electron chi connectivity index (χ2n) is 9.57. The number of nitrogens with one attached hydrogen (secondary N) is 2. The Morgan fingerprint density at radius 1 is 1.00 bits per heavy atom. The van der Waals surface area contributed by atoms with Crippen molar-refractivity contribution in [2.75, 3.05) is 30.8 Å². The van der Waals surface area contributed by atoms with Gasteiger partial charge in [-0.15, -0.1) is 0 Å². The molecular formula is C27H31FN8O2S. The van der Waals surface area contributed by atoms with Crippen LogP contribution in [-0.4, -0.2) is 63.3 Å². The van der Waals surface area contributed by atoms with Gasteiger partial charge in [-0.25, -0.2) is 22.8 Å². The average Bonchev–Trinajstić information content (AvgIpc) is 3.34. The van der Waals surface area contributed by atoms with E-state index >= 15 is 0 Å². The highest BCUT2D eigenvalue weighted by molar-refractivity contribution is 7.89. The summed E-state index contributed by atoms with van der Waals surface area (Å²) in [5.41, 5.74) is 2.49. The number of aryl methyl sites for hydroxylation is 1. The maximum Gasteiger partial charge on any atom is 0.243 e. The average molecular weight is 551 g/mol. The molecule has 204 valence electrons. The van der Waals surface area contributed by atoms with Gasteiger partial charge in [0.1, 0.15) is 11.6 Å². The van der Waals surface area contributed by atoms with Crippen LogP contribution in [0.1, 0.15) is 18.5 Å². The van der Waals surface area contributed by atoms with Crippen LogP contribution in [0.25, 0.3) is 0 Å². The van der Waals surface area contributed by atoms with E-state index in [4.69, 9.17) is 0 Å². The summed E-state index contributed by atoms with van der Waals surface area (Å²) in [6, 6.07) is 14.2. The minimum Gasteiger partial charge on any atom is -0.340 e. The molecule has 2 aromatic carbocycles. The van der Waals surface area contributed by atoms with Crippen LogP contribution in [0, 0.1) is 5.82 Å². The highest BCUT2D eigenvalue weighted by Crippen LogP contribution is 2.25. The zero-order valence-corrected chi connectivity index (χ0v) is 22.6. The molecule has 3 heterocycles. The van der Waals surface area contributed by atoms with Crippen molar-refractivity contribution >= 4 is 33.2 Å². The zero-order valence-electron chi connectivity index (χ0n) is 21.8. The number of imidazole rings is 1. The standard InChI is InChI=1S/C27H31FN8O2S/c1-34-19-29-17-24(34)18-36-15-12-23(13-16-36)35(2)39(37,38)25-9-7-22(8-10-25)32-27-30-14-11-26(33-27)31-21-5-3-20(28)4-6-21/h3-11,14,17,19,23H,12-13,15-16,18H2,1-2H3,(H2,30,31,32,33). The molecule has 4 aromatic rings. The number of halogens is 1. The van der Waals surface area contributed by atoms with Crippen LogP contribution in [-0.2, 0) is 23.6 Å². The molecule has 0 spiro atoms. The van der Waals surface area contributed by atoms with Gasteiger partial charge < -0.3 is 15.2 Å². The van der Waals surface area contributed by atoms with Gasteiger partial charge in [-0.05, 0) is 67.4 Å². The summed E-state index contributed by atoms with van der Waals surface area (Å²) >= 11 is 0. The Kier molecular flexibility index (Phi) is 7.87. The molecule has 39 heavy (non-hydrogen) atoms. The first kappa shape index (κ1) is 26.7. The molecule has 0 saturated carbocycles. The van der Waals surface area contributed by atoms with Gasteiger partial charge in [0, 0.05) is 63.5 Å². The quantitative estimate of drug-likeness (QED) is 0.321. The van der Waals surface area contributed by atoms with Crippen LogP contribution >= 0.6 is 0 Å². The van der Waals surface area contributed by atoms with E-state index in [1.165, 1.54) is 16.4 Å². The smallest absolute Gasteiger partial charge is 0.243 e. The molecule has 0 atom stereocenters. The van der Waals surface area contributed by atoms with E-state index in [-0.39, 0.29) is 16.8 Å². The first-order chi connectivity index (χ1) is 18.8. The first-order valence-electron chi connectivity index (χ1n) is 12.7. The summed E-state index contributed by atoms with van der Waals surface area (Å²) in [5, 5.41) is 6.19. The molecule has 1 aliphatic rings. The predicted octanol–water partition coefficient (Wildman–Crippen LogP) is 4.12. The molecule has 0 bridgehead atoms. The Bertz CT molecular complexity index is 1500. The molecule has 1 fully saturated rings. The fraction of sp³-hybridized carbons (Fsp3) is 0.296. The van der Waals surface area contributed by atoms with Gasteiger partial charge in [-0.2, -0.15) is 9.29 Å². The topological polar surface area (TPSA) is 108 Å².